The first-order valence-corrected chi connectivity index (χ1v) is 3.82. The molecule has 0 nitrogen and oxygen atoms in total. The SMILES string of the molecule is [AlH3].[CH]1CCCCCCC1. The van der Waals surface area contributed by atoms with Crippen LogP contribution < -0.4 is 0 Å². The maximum absolute atomic E-state index is 2.44. The lowest BCUT2D eigenvalue weighted by Gasteiger charge is -2.05. The average molecular weight is 141 g/mol. The van der Waals surface area contributed by atoms with E-state index in [0.717, 1.165) is 0 Å². The zero-order valence-electron chi connectivity index (χ0n) is 5.53. The van der Waals surface area contributed by atoms with Crippen LogP contribution in [0.25, 0.3) is 0 Å². The smallest absolute Gasteiger partial charge is 0.0533 e. The summed E-state index contributed by atoms with van der Waals surface area (Å²) < 4.78 is 0. The summed E-state index contributed by atoms with van der Waals surface area (Å²) in [6.45, 7) is 0. The van der Waals surface area contributed by atoms with Crippen molar-refractivity contribution in [2.24, 2.45) is 0 Å². The van der Waals surface area contributed by atoms with Crippen molar-refractivity contribution in [1.82, 2.24) is 0 Å². The van der Waals surface area contributed by atoms with Crippen LogP contribution in [0.5, 0.6) is 0 Å². The zero-order chi connectivity index (χ0) is 5.66. The molecule has 9 heavy (non-hydrogen) atoms. The number of rotatable bonds is 0. The van der Waals surface area contributed by atoms with E-state index in [2.05, 4.69) is 6.42 Å². The van der Waals surface area contributed by atoms with Crippen LogP contribution in [0.15, 0.2) is 0 Å². The van der Waals surface area contributed by atoms with E-state index in [0.29, 0.717) is 0 Å². The largest absolute Gasteiger partial charge is 0.187 e. The maximum Gasteiger partial charge on any atom is 0.187 e. The molecule has 0 saturated heterocycles. The summed E-state index contributed by atoms with van der Waals surface area (Å²) >= 11 is 0. The maximum atomic E-state index is 2.44. The lowest BCUT2D eigenvalue weighted by Crippen LogP contribution is -1.86. The van der Waals surface area contributed by atoms with Crippen molar-refractivity contribution < 1.29 is 0 Å². The molecule has 1 aliphatic rings. The first kappa shape index (κ1) is 9.53. The highest BCUT2D eigenvalue weighted by molar-refractivity contribution is 5.75. The Kier molecular flexibility index (Phi) is 7.04. The van der Waals surface area contributed by atoms with Gasteiger partial charge in [-0.25, -0.2) is 0 Å². The molecule has 0 spiro atoms. The minimum atomic E-state index is 0. The van der Waals surface area contributed by atoms with Crippen LogP contribution >= 0.6 is 0 Å². The minimum absolute atomic E-state index is 0. The van der Waals surface area contributed by atoms with Crippen molar-refractivity contribution in [3.05, 3.63) is 6.42 Å². The molecule has 1 rings (SSSR count). The predicted molar refractivity (Wildman–Crippen MR) is 46.6 cm³/mol. The van der Waals surface area contributed by atoms with E-state index in [1.807, 2.05) is 0 Å². The third kappa shape index (κ3) is 5.00. The van der Waals surface area contributed by atoms with Gasteiger partial charge in [-0.1, -0.05) is 44.9 Å². The van der Waals surface area contributed by atoms with Crippen LogP contribution in [0.2, 0.25) is 0 Å². The zero-order valence-corrected chi connectivity index (χ0v) is 5.53. The van der Waals surface area contributed by atoms with Gasteiger partial charge in [-0.05, 0) is 6.42 Å². The van der Waals surface area contributed by atoms with Crippen LogP contribution in [-0.2, 0) is 0 Å². The van der Waals surface area contributed by atoms with E-state index < -0.39 is 0 Å². The number of hydrogen-bond donors (Lipinski definition) is 0. The Balaban J connectivity index is 0.000000640. The van der Waals surface area contributed by atoms with Crippen LogP contribution in [0.3, 0.4) is 0 Å². The van der Waals surface area contributed by atoms with Crippen LogP contribution in [0.4, 0.5) is 0 Å². The summed E-state index contributed by atoms with van der Waals surface area (Å²) in [6, 6.07) is 0. The van der Waals surface area contributed by atoms with Gasteiger partial charge in [0.05, 0.1) is 0 Å². The van der Waals surface area contributed by atoms with Gasteiger partial charge in [0, 0.05) is 0 Å². The van der Waals surface area contributed by atoms with Gasteiger partial charge < -0.3 is 0 Å². The molecule has 0 unspecified atom stereocenters. The molecule has 53 valence electrons. The van der Waals surface area contributed by atoms with Crippen molar-refractivity contribution in [2.45, 2.75) is 44.9 Å². The molecule has 0 aromatic rings. The standard InChI is InChI=1S/C8H15.Al.3H/c1-2-4-6-8-7-5-3-1;;;;/h1H,2-8H2;;;;. The Morgan fingerprint density at radius 1 is 0.667 bits per heavy atom. The summed E-state index contributed by atoms with van der Waals surface area (Å²) in [6.07, 6.45) is 12.5. The molecule has 0 N–H and O–H groups in total. The molecule has 0 bridgehead atoms. The van der Waals surface area contributed by atoms with Gasteiger partial charge in [-0.3, -0.25) is 0 Å². The van der Waals surface area contributed by atoms with Gasteiger partial charge in [-0.2, -0.15) is 0 Å². The molecule has 1 heteroatoms. The highest BCUT2D eigenvalue weighted by atomic mass is 27.0. The predicted octanol–water partition coefficient (Wildman–Crippen LogP) is 1.75. The first-order valence-electron chi connectivity index (χ1n) is 3.82. The highest BCUT2D eigenvalue weighted by Crippen LogP contribution is 2.14. The van der Waals surface area contributed by atoms with Crippen molar-refractivity contribution in [1.29, 1.82) is 0 Å². The fourth-order valence-electron chi connectivity index (χ4n) is 1.25. The third-order valence-electron chi connectivity index (χ3n) is 1.82. The molecule has 0 aromatic carbocycles. The Morgan fingerprint density at radius 3 is 1.67 bits per heavy atom. The molecular formula is C8H18Al. The molecular weight excluding hydrogens is 123 g/mol. The third-order valence-corrected chi connectivity index (χ3v) is 1.82. The van der Waals surface area contributed by atoms with Gasteiger partial charge in [0.1, 0.15) is 0 Å². The fourth-order valence-corrected chi connectivity index (χ4v) is 1.25. The molecule has 1 aliphatic carbocycles. The van der Waals surface area contributed by atoms with E-state index in [-0.39, 0.29) is 17.4 Å². The van der Waals surface area contributed by atoms with Gasteiger partial charge in [0.25, 0.3) is 0 Å². The molecule has 0 amide bonds. The van der Waals surface area contributed by atoms with E-state index in [9.17, 15) is 0 Å². The van der Waals surface area contributed by atoms with Gasteiger partial charge in [0.15, 0.2) is 17.4 Å². The Labute approximate surface area is 69.2 Å². The first-order chi connectivity index (χ1) is 4.00. The molecule has 1 saturated carbocycles. The van der Waals surface area contributed by atoms with E-state index >= 15 is 0 Å². The van der Waals surface area contributed by atoms with Crippen molar-refractivity contribution in [3.8, 4) is 0 Å². The average Bonchev–Trinajstić information content (AvgIpc) is 1.62. The van der Waals surface area contributed by atoms with Crippen LogP contribution in [0, 0.1) is 6.42 Å². The second-order valence-electron chi connectivity index (χ2n) is 2.63. The van der Waals surface area contributed by atoms with Crippen molar-refractivity contribution in [2.75, 3.05) is 0 Å². The number of hydrogen-bond acceptors (Lipinski definition) is 0. The Hall–Kier alpha value is 0.532. The van der Waals surface area contributed by atoms with E-state index in [1.54, 1.807) is 0 Å². The minimum Gasteiger partial charge on any atom is -0.0533 e. The van der Waals surface area contributed by atoms with E-state index in [1.165, 1.54) is 44.9 Å². The molecule has 1 fully saturated rings. The van der Waals surface area contributed by atoms with E-state index in [4.69, 9.17) is 0 Å². The normalized spacial score (nSPS) is 21.3. The van der Waals surface area contributed by atoms with Gasteiger partial charge >= 0.3 is 0 Å². The van der Waals surface area contributed by atoms with Crippen LogP contribution in [-0.4, -0.2) is 17.4 Å². The van der Waals surface area contributed by atoms with Crippen LogP contribution in [0.1, 0.15) is 44.9 Å². The highest BCUT2D eigenvalue weighted by Gasteiger charge is 1.95. The quantitative estimate of drug-likeness (QED) is 0.451. The van der Waals surface area contributed by atoms with Gasteiger partial charge in [0.2, 0.25) is 0 Å². The second kappa shape index (κ2) is 6.65. The lowest BCUT2D eigenvalue weighted by atomic mass is 10.0. The monoisotopic (exact) mass is 141 g/mol. The molecule has 0 heterocycles. The second-order valence-corrected chi connectivity index (χ2v) is 2.63. The molecule has 0 aromatic heterocycles. The summed E-state index contributed by atoms with van der Waals surface area (Å²) in [5.74, 6) is 0. The fraction of sp³-hybridized carbons (Fsp3) is 0.875. The summed E-state index contributed by atoms with van der Waals surface area (Å²) in [5, 5.41) is 0. The topological polar surface area (TPSA) is 0 Å². The molecule has 1 radical (unpaired) electrons. The molecule has 0 aliphatic heterocycles. The summed E-state index contributed by atoms with van der Waals surface area (Å²) in [4.78, 5) is 0. The Morgan fingerprint density at radius 2 is 1.11 bits per heavy atom. The van der Waals surface area contributed by atoms with Crippen molar-refractivity contribution in [3.63, 3.8) is 0 Å². The summed E-state index contributed by atoms with van der Waals surface area (Å²) in [5.41, 5.74) is 0. The Bertz CT molecular complexity index is 28.5. The lowest BCUT2D eigenvalue weighted by molar-refractivity contribution is 0.565. The van der Waals surface area contributed by atoms with Gasteiger partial charge in [-0.15, -0.1) is 0 Å². The summed E-state index contributed by atoms with van der Waals surface area (Å²) in [7, 11) is 0. The van der Waals surface area contributed by atoms with Crippen molar-refractivity contribution >= 4 is 17.4 Å². The molecule has 0 atom stereocenters.